The first kappa shape index (κ1) is 23.8. The van der Waals surface area contributed by atoms with Crippen LogP contribution in [0.5, 0.6) is 5.75 Å². The van der Waals surface area contributed by atoms with Crippen LogP contribution in [-0.2, 0) is 21.1 Å². The Morgan fingerprint density at radius 3 is 2.55 bits per heavy atom. The van der Waals surface area contributed by atoms with Crippen molar-refractivity contribution < 1.29 is 17.9 Å². The molecule has 0 atom stereocenters. The molecule has 1 N–H and O–H groups in total. The van der Waals surface area contributed by atoms with Gasteiger partial charge in [-0.3, -0.25) is 4.79 Å². The summed E-state index contributed by atoms with van der Waals surface area (Å²) in [5, 5.41) is 1.16. The number of ketones is 1. The maximum Gasteiger partial charge on any atom is 0.155 e. The number of sulfone groups is 1. The van der Waals surface area contributed by atoms with E-state index in [1.807, 2.05) is 45.2 Å². The largest absolute Gasteiger partial charge is 0.497 e. The predicted molar refractivity (Wildman–Crippen MR) is 126 cm³/mol. The van der Waals surface area contributed by atoms with Crippen molar-refractivity contribution in [3.05, 3.63) is 30.0 Å². The van der Waals surface area contributed by atoms with Crippen LogP contribution >= 0.6 is 0 Å². The monoisotopic (exact) mass is 447 g/mol. The van der Waals surface area contributed by atoms with E-state index < -0.39 is 14.6 Å². The Labute approximate surface area is 186 Å². The predicted octanol–water partition coefficient (Wildman–Crippen LogP) is 5.48. The van der Waals surface area contributed by atoms with E-state index in [0.29, 0.717) is 18.6 Å². The van der Waals surface area contributed by atoms with Crippen LogP contribution in [0, 0.1) is 11.8 Å². The molecule has 2 aromatic rings. The standard InChI is InChI=1S/C25H37NO4S/c1-5-25(2,3)31(28,29)17-18-9-11-19(12-10-18)24(27)8-6-7-20-16-26-23-14-13-21(30-4)15-22(20)23/h13-16,18-19,26H,5-12,17H2,1-4H3. The number of carbonyl (C=O) groups is 1. The number of benzene rings is 1. The molecule has 1 fully saturated rings. The maximum atomic E-state index is 12.7. The lowest BCUT2D eigenvalue weighted by Gasteiger charge is -2.31. The lowest BCUT2D eigenvalue weighted by Crippen LogP contribution is -2.36. The zero-order valence-electron chi connectivity index (χ0n) is 19.4. The third-order valence-corrected chi connectivity index (χ3v) is 10.2. The van der Waals surface area contributed by atoms with Gasteiger partial charge in [0.05, 0.1) is 17.6 Å². The van der Waals surface area contributed by atoms with Crippen molar-refractivity contribution in [1.82, 2.24) is 4.98 Å². The fourth-order valence-electron chi connectivity index (χ4n) is 4.56. The van der Waals surface area contributed by atoms with Crippen LogP contribution in [0.1, 0.15) is 71.3 Å². The van der Waals surface area contributed by atoms with Crippen molar-refractivity contribution in [2.75, 3.05) is 12.9 Å². The summed E-state index contributed by atoms with van der Waals surface area (Å²) in [7, 11) is -1.44. The summed E-state index contributed by atoms with van der Waals surface area (Å²) in [6, 6.07) is 6.00. The number of aryl methyl sites for hydroxylation is 1. The lowest BCUT2D eigenvalue weighted by molar-refractivity contribution is -0.124. The van der Waals surface area contributed by atoms with E-state index in [9.17, 15) is 13.2 Å². The Bertz CT molecular complexity index is 998. The van der Waals surface area contributed by atoms with Gasteiger partial charge in [0.1, 0.15) is 11.5 Å². The molecule has 0 spiro atoms. The molecule has 172 valence electrons. The van der Waals surface area contributed by atoms with E-state index in [0.717, 1.165) is 55.2 Å². The molecular formula is C25H37NO4S. The first-order chi connectivity index (χ1) is 14.7. The van der Waals surface area contributed by atoms with Crippen molar-refractivity contribution in [3.8, 4) is 5.75 Å². The van der Waals surface area contributed by atoms with Gasteiger partial charge in [-0.05, 0) is 88.5 Å². The third kappa shape index (κ3) is 5.51. The van der Waals surface area contributed by atoms with Crippen LogP contribution in [0.2, 0.25) is 0 Å². The van der Waals surface area contributed by atoms with Gasteiger partial charge in [0.25, 0.3) is 0 Å². The first-order valence-corrected chi connectivity index (χ1v) is 13.2. The summed E-state index contributed by atoms with van der Waals surface area (Å²) < 4.78 is 30.0. The van der Waals surface area contributed by atoms with Crippen LogP contribution in [0.15, 0.2) is 24.4 Å². The van der Waals surface area contributed by atoms with Crippen LogP contribution in [0.4, 0.5) is 0 Å². The molecule has 1 heterocycles. The summed E-state index contributed by atoms with van der Waals surface area (Å²) in [6.07, 6.45) is 8.29. The molecule has 6 heteroatoms. The number of Topliss-reactive ketones (excluding diaryl/α,β-unsaturated/α-hetero) is 1. The number of ether oxygens (including phenoxy) is 1. The first-order valence-electron chi connectivity index (χ1n) is 11.6. The van der Waals surface area contributed by atoms with Gasteiger partial charge >= 0.3 is 0 Å². The lowest BCUT2D eigenvalue weighted by atomic mass is 9.80. The van der Waals surface area contributed by atoms with E-state index in [4.69, 9.17) is 4.74 Å². The normalized spacial score (nSPS) is 20.1. The van der Waals surface area contributed by atoms with E-state index in [2.05, 4.69) is 4.98 Å². The van der Waals surface area contributed by atoms with Crippen LogP contribution in [0.3, 0.4) is 0 Å². The Hall–Kier alpha value is -1.82. The molecule has 31 heavy (non-hydrogen) atoms. The summed E-state index contributed by atoms with van der Waals surface area (Å²) in [5.41, 5.74) is 2.30. The van der Waals surface area contributed by atoms with E-state index >= 15 is 0 Å². The Morgan fingerprint density at radius 1 is 1.19 bits per heavy atom. The molecule has 1 aromatic carbocycles. The number of rotatable bonds is 10. The fourth-order valence-corrected chi connectivity index (χ4v) is 6.40. The van der Waals surface area contributed by atoms with E-state index in [-0.39, 0.29) is 17.6 Å². The van der Waals surface area contributed by atoms with Crippen molar-refractivity contribution in [3.63, 3.8) is 0 Å². The number of hydrogen-bond acceptors (Lipinski definition) is 4. The fraction of sp³-hybridized carbons (Fsp3) is 0.640. The minimum Gasteiger partial charge on any atom is -0.497 e. The Balaban J connectivity index is 1.47. The maximum absolute atomic E-state index is 12.7. The Morgan fingerprint density at radius 2 is 1.90 bits per heavy atom. The van der Waals surface area contributed by atoms with Gasteiger partial charge in [0.2, 0.25) is 0 Å². The van der Waals surface area contributed by atoms with Gasteiger partial charge in [-0.1, -0.05) is 6.92 Å². The molecule has 3 rings (SSSR count). The van der Waals surface area contributed by atoms with Gasteiger partial charge in [-0.2, -0.15) is 0 Å². The minimum absolute atomic E-state index is 0.0983. The van der Waals surface area contributed by atoms with Gasteiger partial charge in [0, 0.05) is 29.4 Å². The summed E-state index contributed by atoms with van der Waals surface area (Å²) in [5.74, 6) is 1.74. The number of methoxy groups -OCH3 is 1. The quantitative estimate of drug-likeness (QED) is 0.523. The second-order valence-corrected chi connectivity index (χ2v) is 12.3. The zero-order valence-corrected chi connectivity index (χ0v) is 20.2. The Kier molecular flexibility index (Phi) is 7.51. The highest BCUT2D eigenvalue weighted by atomic mass is 32.2. The highest BCUT2D eigenvalue weighted by Gasteiger charge is 2.36. The molecular weight excluding hydrogens is 410 g/mol. The number of carbonyl (C=O) groups excluding carboxylic acids is 1. The van der Waals surface area contributed by atoms with Crippen molar-refractivity contribution in [2.45, 2.75) is 76.9 Å². The second-order valence-electron chi connectivity index (χ2n) is 9.66. The summed E-state index contributed by atoms with van der Waals surface area (Å²) in [4.78, 5) is 16.0. The number of aromatic nitrogens is 1. The number of aromatic amines is 1. The molecule has 0 amide bonds. The van der Waals surface area contributed by atoms with E-state index in [1.54, 1.807) is 7.11 Å². The molecule has 0 radical (unpaired) electrons. The van der Waals surface area contributed by atoms with Crippen molar-refractivity contribution in [2.24, 2.45) is 11.8 Å². The average Bonchev–Trinajstić information content (AvgIpc) is 3.15. The van der Waals surface area contributed by atoms with Crippen molar-refractivity contribution in [1.29, 1.82) is 0 Å². The average molecular weight is 448 g/mol. The number of hydrogen-bond donors (Lipinski definition) is 1. The SMILES string of the molecule is CCC(C)(C)S(=O)(=O)CC1CCC(C(=O)CCCc2c[nH]c3ccc(OC)cc23)CC1. The molecule has 0 aliphatic heterocycles. The van der Waals surface area contributed by atoms with Crippen LogP contribution in [0.25, 0.3) is 10.9 Å². The topological polar surface area (TPSA) is 76.2 Å². The van der Waals surface area contributed by atoms with E-state index in [1.165, 1.54) is 5.56 Å². The number of nitrogens with one attached hydrogen (secondary N) is 1. The molecule has 0 saturated heterocycles. The molecule has 5 nitrogen and oxygen atoms in total. The molecule has 1 saturated carbocycles. The second kappa shape index (κ2) is 9.76. The van der Waals surface area contributed by atoms with Gasteiger partial charge in [-0.25, -0.2) is 8.42 Å². The van der Waals surface area contributed by atoms with Crippen molar-refractivity contribution >= 4 is 26.5 Å². The number of fused-ring (bicyclic) bond motifs is 1. The van der Waals surface area contributed by atoms with Gasteiger partial charge in [-0.15, -0.1) is 0 Å². The minimum atomic E-state index is -3.11. The van der Waals surface area contributed by atoms with Gasteiger partial charge < -0.3 is 9.72 Å². The molecule has 1 aromatic heterocycles. The highest BCUT2D eigenvalue weighted by molar-refractivity contribution is 7.92. The zero-order chi connectivity index (χ0) is 22.6. The molecule has 0 bridgehead atoms. The van der Waals surface area contributed by atoms with Crippen LogP contribution < -0.4 is 4.74 Å². The number of H-pyrrole nitrogens is 1. The molecule has 1 aliphatic carbocycles. The third-order valence-electron chi connectivity index (χ3n) is 7.29. The molecule has 0 unspecified atom stereocenters. The van der Waals surface area contributed by atoms with Gasteiger partial charge in [0.15, 0.2) is 9.84 Å². The molecule has 1 aliphatic rings. The summed E-state index contributed by atoms with van der Waals surface area (Å²) in [6.45, 7) is 5.57. The summed E-state index contributed by atoms with van der Waals surface area (Å²) >= 11 is 0. The van der Waals surface area contributed by atoms with Crippen LogP contribution in [-0.4, -0.2) is 36.8 Å². The highest BCUT2D eigenvalue weighted by Crippen LogP contribution is 2.34. The smallest absolute Gasteiger partial charge is 0.155 e.